The fourth-order valence-corrected chi connectivity index (χ4v) is 3.12. The molecule has 0 aliphatic carbocycles. The largest absolute Gasteiger partial charge is 0.339 e. The minimum Gasteiger partial charge on any atom is -0.339 e. The fourth-order valence-electron chi connectivity index (χ4n) is 3.12. The van der Waals surface area contributed by atoms with Gasteiger partial charge >= 0.3 is 0 Å². The number of carbonyl (C=O) groups is 2. The predicted octanol–water partition coefficient (Wildman–Crippen LogP) is 2.44. The summed E-state index contributed by atoms with van der Waals surface area (Å²) >= 11 is 0. The number of pyridine rings is 1. The lowest BCUT2D eigenvalue weighted by Gasteiger charge is -2.41. The normalized spacial score (nSPS) is 17.7. The molecule has 0 spiro atoms. The molecule has 3 rings (SSSR count). The average molecular weight is 323 g/mol. The molecule has 2 heterocycles. The Morgan fingerprint density at radius 1 is 1.08 bits per heavy atom. The summed E-state index contributed by atoms with van der Waals surface area (Å²) in [6, 6.07) is 13.4. The number of piperazine rings is 1. The van der Waals surface area contributed by atoms with E-state index in [0.717, 1.165) is 11.1 Å². The summed E-state index contributed by atoms with van der Waals surface area (Å²) < 4.78 is 0. The van der Waals surface area contributed by atoms with Gasteiger partial charge in [-0.05, 0) is 24.1 Å². The molecule has 0 bridgehead atoms. The Kier molecular flexibility index (Phi) is 4.60. The number of rotatable bonds is 2. The molecule has 2 amide bonds. The van der Waals surface area contributed by atoms with Crippen LogP contribution in [0.15, 0.2) is 48.7 Å². The maximum absolute atomic E-state index is 13.0. The molecule has 0 N–H and O–H groups in total. The van der Waals surface area contributed by atoms with E-state index in [1.807, 2.05) is 54.3 Å². The Hall–Kier alpha value is -2.69. The van der Waals surface area contributed by atoms with Crippen LogP contribution in [0.2, 0.25) is 0 Å². The zero-order valence-corrected chi connectivity index (χ0v) is 14.0. The van der Waals surface area contributed by atoms with Gasteiger partial charge in [0, 0.05) is 32.8 Å². The first-order chi connectivity index (χ1) is 11.6. The molecule has 0 unspecified atom stereocenters. The van der Waals surface area contributed by atoms with Crippen molar-refractivity contribution in [3.63, 3.8) is 0 Å². The third-order valence-corrected chi connectivity index (χ3v) is 4.48. The summed E-state index contributed by atoms with van der Waals surface area (Å²) in [5.74, 6) is -0.0396. The van der Waals surface area contributed by atoms with Crippen molar-refractivity contribution in [3.8, 4) is 0 Å². The van der Waals surface area contributed by atoms with E-state index in [0.29, 0.717) is 25.3 Å². The molecule has 0 radical (unpaired) electrons. The molecule has 124 valence electrons. The number of benzene rings is 1. The van der Waals surface area contributed by atoms with Crippen molar-refractivity contribution in [2.45, 2.75) is 19.9 Å². The van der Waals surface area contributed by atoms with Gasteiger partial charge in [0.25, 0.3) is 5.91 Å². The standard InChI is InChI=1S/C19H21N3O2/c1-14-7-6-10-20-18(14)19(24)22-12-11-21(15(2)23)13-17(22)16-8-4-3-5-9-16/h3-10,17H,11-13H2,1-2H3/t17-/m0/s1. The van der Waals surface area contributed by atoms with Gasteiger partial charge in [0.1, 0.15) is 5.69 Å². The van der Waals surface area contributed by atoms with Gasteiger partial charge in [-0.1, -0.05) is 36.4 Å². The predicted molar refractivity (Wildman–Crippen MR) is 91.4 cm³/mol. The van der Waals surface area contributed by atoms with Gasteiger partial charge in [-0.15, -0.1) is 0 Å². The second kappa shape index (κ2) is 6.83. The van der Waals surface area contributed by atoms with E-state index in [-0.39, 0.29) is 17.9 Å². The van der Waals surface area contributed by atoms with Gasteiger partial charge < -0.3 is 9.80 Å². The summed E-state index contributed by atoms with van der Waals surface area (Å²) in [5, 5.41) is 0. The Bertz CT molecular complexity index is 745. The van der Waals surface area contributed by atoms with E-state index in [2.05, 4.69) is 4.98 Å². The summed E-state index contributed by atoms with van der Waals surface area (Å²) in [7, 11) is 0. The van der Waals surface area contributed by atoms with Crippen molar-refractivity contribution in [2.24, 2.45) is 0 Å². The average Bonchev–Trinajstić information content (AvgIpc) is 2.62. The first-order valence-electron chi connectivity index (χ1n) is 8.11. The number of aromatic nitrogens is 1. The number of nitrogens with zero attached hydrogens (tertiary/aromatic N) is 3. The van der Waals surface area contributed by atoms with Gasteiger partial charge in [-0.25, -0.2) is 0 Å². The summed E-state index contributed by atoms with van der Waals surface area (Å²) in [6.07, 6.45) is 1.64. The van der Waals surface area contributed by atoms with Crippen LogP contribution in [-0.4, -0.2) is 46.2 Å². The van der Waals surface area contributed by atoms with E-state index in [4.69, 9.17) is 0 Å². The van der Waals surface area contributed by atoms with Crippen molar-refractivity contribution in [1.29, 1.82) is 0 Å². The Balaban J connectivity index is 1.94. The van der Waals surface area contributed by atoms with E-state index in [1.54, 1.807) is 18.0 Å². The van der Waals surface area contributed by atoms with Crippen molar-refractivity contribution in [3.05, 3.63) is 65.5 Å². The molecule has 1 aromatic carbocycles. The zero-order valence-electron chi connectivity index (χ0n) is 14.0. The van der Waals surface area contributed by atoms with Crippen molar-refractivity contribution in [2.75, 3.05) is 19.6 Å². The lowest BCUT2D eigenvalue weighted by atomic mass is 10.0. The number of hydrogen-bond acceptors (Lipinski definition) is 3. The van der Waals surface area contributed by atoms with Gasteiger partial charge in [-0.3, -0.25) is 14.6 Å². The fraction of sp³-hybridized carbons (Fsp3) is 0.316. The molecule has 0 saturated carbocycles. The van der Waals surface area contributed by atoms with Crippen molar-refractivity contribution >= 4 is 11.8 Å². The number of amides is 2. The van der Waals surface area contributed by atoms with Crippen LogP contribution in [0.1, 0.15) is 34.6 Å². The Morgan fingerprint density at radius 3 is 2.50 bits per heavy atom. The topological polar surface area (TPSA) is 53.5 Å². The van der Waals surface area contributed by atoms with Gasteiger partial charge in [-0.2, -0.15) is 0 Å². The highest BCUT2D eigenvalue weighted by Gasteiger charge is 2.33. The number of hydrogen-bond donors (Lipinski definition) is 0. The van der Waals surface area contributed by atoms with Crippen LogP contribution in [0.5, 0.6) is 0 Å². The van der Waals surface area contributed by atoms with Crippen LogP contribution in [-0.2, 0) is 4.79 Å². The van der Waals surface area contributed by atoms with Crippen LogP contribution in [0, 0.1) is 6.92 Å². The molecule has 5 nitrogen and oxygen atoms in total. The van der Waals surface area contributed by atoms with Gasteiger partial charge in [0.05, 0.1) is 6.04 Å². The van der Waals surface area contributed by atoms with Crippen LogP contribution in [0.25, 0.3) is 0 Å². The van der Waals surface area contributed by atoms with E-state index >= 15 is 0 Å². The second-order valence-electron chi connectivity index (χ2n) is 6.06. The minimum atomic E-state index is -0.155. The molecule has 1 aliphatic heterocycles. The first-order valence-corrected chi connectivity index (χ1v) is 8.11. The summed E-state index contributed by atoms with van der Waals surface area (Å²) in [6.45, 7) is 5.03. The third kappa shape index (κ3) is 3.15. The molecule has 1 saturated heterocycles. The molecule has 1 aromatic heterocycles. The lowest BCUT2D eigenvalue weighted by Crippen LogP contribution is -2.52. The molecule has 1 fully saturated rings. The van der Waals surface area contributed by atoms with Gasteiger partial charge in [0.2, 0.25) is 5.91 Å². The van der Waals surface area contributed by atoms with Crippen LogP contribution in [0.3, 0.4) is 0 Å². The molecule has 1 aliphatic rings. The maximum Gasteiger partial charge on any atom is 0.273 e. The molecule has 5 heteroatoms. The highest BCUT2D eigenvalue weighted by molar-refractivity contribution is 5.94. The van der Waals surface area contributed by atoms with Crippen molar-refractivity contribution in [1.82, 2.24) is 14.8 Å². The molecular formula is C19H21N3O2. The second-order valence-corrected chi connectivity index (χ2v) is 6.06. The Labute approximate surface area is 141 Å². The van der Waals surface area contributed by atoms with Crippen molar-refractivity contribution < 1.29 is 9.59 Å². The zero-order chi connectivity index (χ0) is 17.1. The minimum absolute atomic E-state index is 0.0389. The Morgan fingerprint density at radius 2 is 1.83 bits per heavy atom. The first kappa shape index (κ1) is 16.2. The monoisotopic (exact) mass is 323 g/mol. The molecule has 24 heavy (non-hydrogen) atoms. The van der Waals surface area contributed by atoms with Gasteiger partial charge in [0.15, 0.2) is 0 Å². The molecular weight excluding hydrogens is 302 g/mol. The van der Waals surface area contributed by atoms with E-state index in [1.165, 1.54) is 0 Å². The maximum atomic E-state index is 13.0. The van der Waals surface area contributed by atoms with Crippen LogP contribution in [0.4, 0.5) is 0 Å². The smallest absolute Gasteiger partial charge is 0.273 e. The third-order valence-electron chi connectivity index (χ3n) is 4.48. The number of carbonyl (C=O) groups excluding carboxylic acids is 2. The highest BCUT2D eigenvalue weighted by Crippen LogP contribution is 2.27. The quantitative estimate of drug-likeness (QED) is 0.853. The SMILES string of the molecule is CC(=O)N1CCN(C(=O)c2ncccc2C)[C@H](c2ccccc2)C1. The van der Waals surface area contributed by atoms with E-state index in [9.17, 15) is 9.59 Å². The lowest BCUT2D eigenvalue weighted by molar-refractivity contribution is -0.131. The van der Waals surface area contributed by atoms with Crippen LogP contribution >= 0.6 is 0 Å². The molecule has 1 atom stereocenters. The number of aryl methyl sites for hydroxylation is 1. The summed E-state index contributed by atoms with van der Waals surface area (Å²) in [5.41, 5.74) is 2.38. The van der Waals surface area contributed by atoms with Crippen LogP contribution < -0.4 is 0 Å². The highest BCUT2D eigenvalue weighted by atomic mass is 16.2. The summed E-state index contributed by atoms with van der Waals surface area (Å²) in [4.78, 5) is 32.7. The molecule has 2 aromatic rings. The van der Waals surface area contributed by atoms with E-state index < -0.39 is 0 Å².